The van der Waals surface area contributed by atoms with E-state index in [-0.39, 0.29) is 11.8 Å². The predicted octanol–water partition coefficient (Wildman–Crippen LogP) is 2.83. The minimum atomic E-state index is -5.08. The predicted molar refractivity (Wildman–Crippen MR) is 91.3 cm³/mol. The second-order valence-electron chi connectivity index (χ2n) is 6.40. The van der Waals surface area contributed by atoms with E-state index in [9.17, 15) is 22.8 Å². The van der Waals surface area contributed by atoms with Crippen molar-refractivity contribution in [2.75, 3.05) is 18.0 Å². The quantitative estimate of drug-likeness (QED) is 0.764. The average Bonchev–Trinajstić information content (AvgIpc) is 2.63. The van der Waals surface area contributed by atoms with E-state index in [1.807, 2.05) is 12.1 Å². The largest absolute Gasteiger partial charge is 0.490 e. The smallest absolute Gasteiger partial charge is 0.475 e. The normalized spacial score (nSPS) is 18.7. The first kappa shape index (κ1) is 20.9. The summed E-state index contributed by atoms with van der Waals surface area (Å²) in [6, 6.07) is 7.97. The maximum atomic E-state index is 11.9. The molecule has 27 heavy (non-hydrogen) atoms. The first-order chi connectivity index (χ1) is 12.7. The van der Waals surface area contributed by atoms with Crippen LogP contribution in [0.25, 0.3) is 0 Å². The van der Waals surface area contributed by atoms with E-state index in [1.165, 1.54) is 10.5 Å². The van der Waals surface area contributed by atoms with Crippen molar-refractivity contribution in [2.45, 2.75) is 44.2 Å². The number of nitrogens with zero attached hydrogens (tertiary/aromatic N) is 1. The Labute approximate surface area is 154 Å². The van der Waals surface area contributed by atoms with Crippen molar-refractivity contribution in [1.82, 2.24) is 5.32 Å². The molecular weight excluding hydrogens is 365 g/mol. The third-order valence-electron chi connectivity index (χ3n) is 4.48. The molecule has 0 spiro atoms. The topological polar surface area (TPSA) is 86.7 Å². The molecule has 0 unspecified atom stereocenters. The van der Waals surface area contributed by atoms with Crippen LogP contribution in [0.5, 0.6) is 0 Å². The number of carboxylic acid groups (broad SMARTS) is 1. The Morgan fingerprint density at radius 2 is 1.52 bits per heavy atom. The summed E-state index contributed by atoms with van der Waals surface area (Å²) in [5, 5.41) is 10.5. The number of amides is 2. The summed E-state index contributed by atoms with van der Waals surface area (Å²) in [4.78, 5) is 34.0. The van der Waals surface area contributed by atoms with Gasteiger partial charge in [0.05, 0.1) is 5.69 Å². The van der Waals surface area contributed by atoms with Gasteiger partial charge in [0.1, 0.15) is 0 Å². The van der Waals surface area contributed by atoms with Crippen molar-refractivity contribution < 1.29 is 32.7 Å². The molecule has 2 fully saturated rings. The number of rotatable bonds is 2. The highest BCUT2D eigenvalue weighted by molar-refractivity contribution is 6.16. The zero-order chi connectivity index (χ0) is 20.0. The molecule has 2 heterocycles. The van der Waals surface area contributed by atoms with Gasteiger partial charge < -0.3 is 10.4 Å². The van der Waals surface area contributed by atoms with Gasteiger partial charge in [-0.15, -0.1) is 0 Å². The summed E-state index contributed by atoms with van der Waals surface area (Å²) in [6.45, 7) is 2.13. The van der Waals surface area contributed by atoms with Crippen molar-refractivity contribution in [2.24, 2.45) is 0 Å². The number of aliphatic carboxylic acids is 1. The number of anilines is 1. The van der Waals surface area contributed by atoms with Crippen molar-refractivity contribution in [3.05, 3.63) is 29.8 Å². The van der Waals surface area contributed by atoms with Gasteiger partial charge >= 0.3 is 12.1 Å². The fourth-order valence-corrected chi connectivity index (χ4v) is 3.09. The maximum Gasteiger partial charge on any atom is 0.490 e. The molecule has 2 saturated heterocycles. The Morgan fingerprint density at radius 1 is 1.04 bits per heavy atom. The van der Waals surface area contributed by atoms with Crippen molar-refractivity contribution in [1.29, 1.82) is 0 Å². The number of carbonyl (C=O) groups is 3. The summed E-state index contributed by atoms with van der Waals surface area (Å²) in [6.07, 6.45) is -1.15. The number of hydrogen-bond acceptors (Lipinski definition) is 4. The van der Waals surface area contributed by atoms with Crippen LogP contribution < -0.4 is 10.2 Å². The fourth-order valence-electron chi connectivity index (χ4n) is 3.09. The Bertz CT molecular complexity index is 667. The summed E-state index contributed by atoms with van der Waals surface area (Å²) < 4.78 is 31.7. The van der Waals surface area contributed by atoms with Gasteiger partial charge in [-0.3, -0.25) is 14.5 Å². The highest BCUT2D eigenvalue weighted by atomic mass is 19.4. The van der Waals surface area contributed by atoms with Crippen LogP contribution in [0.1, 0.15) is 43.6 Å². The number of halogens is 3. The van der Waals surface area contributed by atoms with Crippen molar-refractivity contribution >= 4 is 23.5 Å². The number of nitrogens with one attached hydrogen (secondary N) is 1. The number of imide groups is 1. The minimum Gasteiger partial charge on any atom is -0.475 e. The van der Waals surface area contributed by atoms with E-state index in [2.05, 4.69) is 17.4 Å². The molecule has 1 aromatic carbocycles. The monoisotopic (exact) mass is 386 g/mol. The van der Waals surface area contributed by atoms with Crippen LogP contribution in [0.2, 0.25) is 0 Å². The zero-order valence-electron chi connectivity index (χ0n) is 14.6. The van der Waals surface area contributed by atoms with Gasteiger partial charge in [0, 0.05) is 12.8 Å². The third kappa shape index (κ3) is 5.78. The van der Waals surface area contributed by atoms with Gasteiger partial charge in [0.25, 0.3) is 0 Å². The molecule has 9 heteroatoms. The number of piperidine rings is 2. The lowest BCUT2D eigenvalue weighted by molar-refractivity contribution is -0.192. The van der Waals surface area contributed by atoms with Crippen LogP contribution in [0.4, 0.5) is 18.9 Å². The number of benzene rings is 1. The van der Waals surface area contributed by atoms with Gasteiger partial charge in [0.15, 0.2) is 0 Å². The summed E-state index contributed by atoms with van der Waals surface area (Å²) in [7, 11) is 0. The number of alkyl halides is 3. The molecule has 0 saturated carbocycles. The Kier molecular flexibility index (Phi) is 6.95. The second-order valence-corrected chi connectivity index (χ2v) is 6.40. The van der Waals surface area contributed by atoms with Crippen LogP contribution >= 0.6 is 0 Å². The lowest BCUT2D eigenvalue weighted by atomic mass is 9.90. The van der Waals surface area contributed by atoms with Gasteiger partial charge in [-0.05, 0) is 56.0 Å². The standard InChI is InChI=1S/C16H20N2O2.C2HF3O2/c19-15-2-1-3-16(20)18(15)14-6-4-12(5-7-14)13-8-10-17-11-9-13;3-2(4,5)1(6)7/h4-7,13,17H,1-3,8-11H2;(H,6,7). The summed E-state index contributed by atoms with van der Waals surface area (Å²) in [5.41, 5.74) is 2.03. The molecule has 0 atom stereocenters. The second kappa shape index (κ2) is 8.98. The molecule has 2 amide bonds. The average molecular weight is 386 g/mol. The lowest BCUT2D eigenvalue weighted by Gasteiger charge is -2.26. The van der Waals surface area contributed by atoms with E-state index in [0.29, 0.717) is 25.2 Å². The molecule has 0 aromatic heterocycles. The van der Waals surface area contributed by atoms with Gasteiger partial charge in [-0.25, -0.2) is 4.79 Å². The van der Waals surface area contributed by atoms with Crippen LogP contribution in [0, 0.1) is 0 Å². The highest BCUT2D eigenvalue weighted by Gasteiger charge is 2.38. The fraction of sp³-hybridized carbons (Fsp3) is 0.500. The third-order valence-corrected chi connectivity index (χ3v) is 4.48. The lowest BCUT2D eigenvalue weighted by Crippen LogP contribution is -2.40. The molecule has 2 aliphatic rings. The first-order valence-corrected chi connectivity index (χ1v) is 8.66. The Balaban J connectivity index is 0.000000321. The molecule has 2 N–H and O–H groups in total. The number of carboxylic acids is 1. The van der Waals surface area contributed by atoms with Crippen LogP contribution in [0.3, 0.4) is 0 Å². The van der Waals surface area contributed by atoms with Crippen molar-refractivity contribution in [3.63, 3.8) is 0 Å². The van der Waals surface area contributed by atoms with E-state index < -0.39 is 12.1 Å². The molecule has 3 rings (SSSR count). The van der Waals surface area contributed by atoms with E-state index in [1.54, 1.807) is 0 Å². The van der Waals surface area contributed by atoms with Gasteiger partial charge in [0.2, 0.25) is 11.8 Å². The molecule has 0 radical (unpaired) electrons. The summed E-state index contributed by atoms with van der Waals surface area (Å²) >= 11 is 0. The zero-order valence-corrected chi connectivity index (χ0v) is 14.6. The van der Waals surface area contributed by atoms with E-state index in [0.717, 1.165) is 31.6 Å². The van der Waals surface area contributed by atoms with E-state index >= 15 is 0 Å². The minimum absolute atomic E-state index is 0.0733. The molecule has 0 bridgehead atoms. The maximum absolute atomic E-state index is 11.9. The molecular formula is C18H21F3N2O4. The molecule has 6 nitrogen and oxygen atoms in total. The number of carbonyl (C=O) groups excluding carboxylic acids is 2. The molecule has 148 valence electrons. The Hall–Kier alpha value is -2.42. The Morgan fingerprint density at radius 3 is 1.96 bits per heavy atom. The highest BCUT2D eigenvalue weighted by Crippen LogP contribution is 2.28. The number of hydrogen-bond donors (Lipinski definition) is 2. The molecule has 2 aliphatic heterocycles. The van der Waals surface area contributed by atoms with Crippen LogP contribution in [-0.2, 0) is 14.4 Å². The van der Waals surface area contributed by atoms with E-state index in [4.69, 9.17) is 9.90 Å². The molecule has 1 aromatic rings. The first-order valence-electron chi connectivity index (χ1n) is 8.66. The van der Waals surface area contributed by atoms with Crippen molar-refractivity contribution in [3.8, 4) is 0 Å². The molecule has 0 aliphatic carbocycles. The SMILES string of the molecule is O=C(O)C(F)(F)F.O=C1CCCC(=O)N1c1ccc(C2CCNCC2)cc1. The summed E-state index contributed by atoms with van der Waals surface area (Å²) in [5.74, 6) is -2.31. The van der Waals surface area contributed by atoms with Crippen LogP contribution in [-0.4, -0.2) is 42.2 Å². The van der Waals surface area contributed by atoms with Gasteiger partial charge in [-0.2, -0.15) is 13.2 Å². The van der Waals surface area contributed by atoms with Crippen LogP contribution in [0.15, 0.2) is 24.3 Å². The van der Waals surface area contributed by atoms with Gasteiger partial charge in [-0.1, -0.05) is 12.1 Å².